The summed E-state index contributed by atoms with van der Waals surface area (Å²) in [5.41, 5.74) is 7.32. The van der Waals surface area contributed by atoms with Crippen LogP contribution in [0.4, 0.5) is 8.78 Å². The van der Waals surface area contributed by atoms with E-state index in [1.165, 1.54) is 40.5 Å². The lowest BCUT2D eigenvalue weighted by atomic mass is 10.0. The molecule has 3 heterocycles. The second-order valence-corrected chi connectivity index (χ2v) is 12.2. The van der Waals surface area contributed by atoms with Crippen LogP contribution < -0.4 is 16.4 Å². The second kappa shape index (κ2) is 11.1. The highest BCUT2D eigenvalue weighted by Gasteiger charge is 2.52. The molecule has 3 amide bonds. The van der Waals surface area contributed by atoms with Crippen molar-refractivity contribution in [1.29, 1.82) is 5.41 Å². The molecule has 5 N–H and O–H groups in total. The topological polar surface area (TPSA) is 147 Å². The fourth-order valence-electron chi connectivity index (χ4n) is 5.98. The minimum absolute atomic E-state index is 0.00574. The number of nitrogen functional groups attached to an aromatic ring is 1. The molecule has 13 heteroatoms. The van der Waals surface area contributed by atoms with Crippen LogP contribution in [0.3, 0.4) is 0 Å². The number of benzene rings is 2. The third-order valence-electron chi connectivity index (χ3n) is 8.27. The van der Waals surface area contributed by atoms with Crippen molar-refractivity contribution in [3.05, 3.63) is 80.5 Å². The molecule has 6 rings (SSSR count). The first-order valence-electron chi connectivity index (χ1n) is 14.1. The van der Waals surface area contributed by atoms with Gasteiger partial charge in [0.05, 0.1) is 32.3 Å². The van der Waals surface area contributed by atoms with Crippen LogP contribution in [-0.2, 0) is 25.0 Å². The smallest absolute Gasteiger partial charge is 0.299 e. The summed E-state index contributed by atoms with van der Waals surface area (Å²) in [6, 6.07) is 9.18. The number of rotatable bonds is 7. The summed E-state index contributed by atoms with van der Waals surface area (Å²) in [5.74, 6) is -5.92. The zero-order valence-corrected chi connectivity index (χ0v) is 24.9. The first-order valence-corrected chi connectivity index (χ1v) is 15.0. The lowest BCUT2D eigenvalue weighted by molar-refractivity contribution is -0.152. The van der Waals surface area contributed by atoms with Gasteiger partial charge in [0.25, 0.3) is 11.8 Å². The number of aryl methyl sites for hydroxylation is 1. The molecule has 2 atom stereocenters. The predicted octanol–water partition coefficient (Wildman–Crippen LogP) is 3.41. The Labute approximate surface area is 256 Å². The van der Waals surface area contributed by atoms with E-state index in [-0.39, 0.29) is 41.1 Å². The number of halogens is 2. The van der Waals surface area contributed by atoms with Gasteiger partial charge in [0.2, 0.25) is 11.8 Å². The Balaban J connectivity index is 1.15. The Morgan fingerprint density at radius 2 is 1.84 bits per heavy atom. The predicted molar refractivity (Wildman–Crippen MR) is 159 cm³/mol. The van der Waals surface area contributed by atoms with Gasteiger partial charge >= 0.3 is 0 Å². The summed E-state index contributed by atoms with van der Waals surface area (Å²) in [4.78, 5) is 42.1. The number of likely N-dealkylation sites (tertiary alicyclic amines) is 1. The third-order valence-corrected chi connectivity index (χ3v) is 9.38. The number of ether oxygens (including phenoxy) is 2. The van der Waals surface area contributed by atoms with Gasteiger partial charge in [-0.3, -0.25) is 19.8 Å². The Kier molecular flexibility index (Phi) is 7.50. The summed E-state index contributed by atoms with van der Waals surface area (Å²) >= 11 is 1.36. The average molecular weight is 624 g/mol. The second-order valence-electron chi connectivity index (χ2n) is 11.3. The van der Waals surface area contributed by atoms with Crippen molar-refractivity contribution in [1.82, 2.24) is 15.5 Å². The van der Waals surface area contributed by atoms with Gasteiger partial charge in [0.15, 0.2) is 5.79 Å². The Morgan fingerprint density at radius 1 is 1.09 bits per heavy atom. The molecule has 2 saturated heterocycles. The van der Waals surface area contributed by atoms with Crippen LogP contribution in [0.2, 0.25) is 0 Å². The Morgan fingerprint density at radius 3 is 2.55 bits per heavy atom. The molecule has 10 nitrogen and oxygen atoms in total. The highest BCUT2D eigenvalue weighted by atomic mass is 32.1. The van der Waals surface area contributed by atoms with Crippen molar-refractivity contribution < 1.29 is 32.6 Å². The minimum Gasteiger partial charge on any atom is -0.384 e. The maximum Gasteiger partial charge on any atom is 0.299 e. The number of nitrogens with two attached hydrogens (primary N) is 1. The van der Waals surface area contributed by atoms with Crippen LogP contribution in [0.15, 0.2) is 47.8 Å². The molecule has 3 aromatic rings. The molecule has 1 aliphatic carbocycles. The van der Waals surface area contributed by atoms with Gasteiger partial charge in [-0.15, -0.1) is 11.3 Å². The van der Waals surface area contributed by atoms with E-state index in [2.05, 4.69) is 10.6 Å². The normalized spacial score (nSPS) is 19.8. The number of carbonyl (C=O) groups excluding carboxylic acids is 3. The quantitative estimate of drug-likeness (QED) is 0.234. The SMILES string of the molecule is Cc1ccc2c(c1)C(F)(F)c1ccc(C(=O)NCC(=O)N3CC4(C[C@H]3C(=O)NC(C)c3cc(C(=N)N)cs3)OCCO4)cc1-2. The standard InChI is InChI=1S/C31H31F2N5O5S/c1-16-3-5-20-21-10-18(4-6-22(21)31(32,33)23(20)9-16)28(40)36-13-26(39)38-15-30(42-7-8-43-30)12-24(38)29(41)37-17(2)25-11-19(14-44-25)27(34)35/h3-6,9-11,14,17,24H,7-8,12-13,15H2,1-2H3,(H3,34,35)(H,36,40)(H,37,41)/t17?,24-/m0/s1. The van der Waals surface area contributed by atoms with Gasteiger partial charge in [0.1, 0.15) is 11.9 Å². The van der Waals surface area contributed by atoms with E-state index >= 15 is 8.78 Å². The third kappa shape index (κ3) is 5.24. The maximum atomic E-state index is 15.1. The van der Waals surface area contributed by atoms with Crippen molar-refractivity contribution in [3.8, 4) is 11.1 Å². The van der Waals surface area contributed by atoms with Crippen LogP contribution in [0.5, 0.6) is 0 Å². The zero-order valence-electron chi connectivity index (χ0n) is 24.0. The Bertz CT molecular complexity index is 1690. The Hall–Kier alpha value is -4.20. The summed E-state index contributed by atoms with van der Waals surface area (Å²) in [7, 11) is 0. The molecule has 1 unspecified atom stereocenters. The average Bonchev–Trinajstić information content (AvgIpc) is 3.78. The van der Waals surface area contributed by atoms with Crippen molar-refractivity contribution in [3.63, 3.8) is 0 Å². The maximum absolute atomic E-state index is 15.1. The summed E-state index contributed by atoms with van der Waals surface area (Å²) in [6.07, 6.45) is 0.117. The number of amidine groups is 1. The van der Waals surface area contributed by atoms with Crippen LogP contribution in [-0.4, -0.2) is 66.6 Å². The van der Waals surface area contributed by atoms with E-state index in [0.717, 1.165) is 4.88 Å². The monoisotopic (exact) mass is 623 g/mol. The van der Waals surface area contributed by atoms with Gasteiger partial charge in [-0.1, -0.05) is 23.8 Å². The molecule has 2 aromatic carbocycles. The molecule has 2 fully saturated rings. The summed E-state index contributed by atoms with van der Waals surface area (Å²) < 4.78 is 41.8. The molecule has 0 saturated carbocycles. The molecule has 0 radical (unpaired) electrons. The molecular weight excluding hydrogens is 592 g/mol. The fraction of sp³-hybridized carbons (Fsp3) is 0.355. The van der Waals surface area contributed by atoms with E-state index in [1.54, 1.807) is 37.4 Å². The molecule has 3 aliphatic rings. The highest BCUT2D eigenvalue weighted by molar-refractivity contribution is 7.10. The number of nitrogens with zero attached hydrogens (tertiary/aromatic N) is 1. The van der Waals surface area contributed by atoms with Crippen molar-refractivity contribution in [2.24, 2.45) is 5.73 Å². The van der Waals surface area contributed by atoms with E-state index in [4.69, 9.17) is 20.6 Å². The lowest BCUT2D eigenvalue weighted by Gasteiger charge is -2.25. The number of alkyl halides is 2. The van der Waals surface area contributed by atoms with Crippen LogP contribution in [0.1, 0.15) is 56.9 Å². The molecule has 1 aromatic heterocycles. The number of hydrogen-bond acceptors (Lipinski definition) is 7. The van der Waals surface area contributed by atoms with E-state index in [0.29, 0.717) is 29.9 Å². The first kappa shape index (κ1) is 29.9. The number of hydrogen-bond donors (Lipinski definition) is 4. The van der Waals surface area contributed by atoms with Gasteiger partial charge < -0.3 is 30.7 Å². The van der Waals surface area contributed by atoms with Crippen molar-refractivity contribution in [2.75, 3.05) is 26.3 Å². The molecule has 230 valence electrons. The number of fused-ring (bicyclic) bond motifs is 3. The van der Waals surface area contributed by atoms with Gasteiger partial charge in [-0.2, -0.15) is 8.78 Å². The number of carbonyl (C=O) groups is 3. The molecule has 0 bridgehead atoms. The molecule has 1 spiro atoms. The van der Waals surface area contributed by atoms with E-state index < -0.39 is 48.1 Å². The first-order chi connectivity index (χ1) is 20.9. The summed E-state index contributed by atoms with van der Waals surface area (Å²) in [6.45, 7) is 3.76. The van der Waals surface area contributed by atoms with Gasteiger partial charge in [-0.25, -0.2) is 0 Å². The van der Waals surface area contributed by atoms with Gasteiger partial charge in [0, 0.05) is 38.9 Å². The number of nitrogens with one attached hydrogen (secondary N) is 3. The van der Waals surface area contributed by atoms with E-state index in [9.17, 15) is 14.4 Å². The van der Waals surface area contributed by atoms with Crippen LogP contribution in [0.25, 0.3) is 11.1 Å². The highest BCUT2D eigenvalue weighted by Crippen LogP contribution is 2.51. The van der Waals surface area contributed by atoms with Crippen LogP contribution >= 0.6 is 11.3 Å². The largest absolute Gasteiger partial charge is 0.384 e. The number of thiophene rings is 1. The van der Waals surface area contributed by atoms with Gasteiger partial charge in [-0.05, 0) is 49.2 Å². The van der Waals surface area contributed by atoms with Crippen LogP contribution in [0, 0.1) is 12.3 Å². The molecule has 44 heavy (non-hydrogen) atoms. The van der Waals surface area contributed by atoms with E-state index in [1.807, 2.05) is 0 Å². The summed E-state index contributed by atoms with van der Waals surface area (Å²) in [5, 5.41) is 14.8. The van der Waals surface area contributed by atoms with Crippen molar-refractivity contribution in [2.45, 2.75) is 44.1 Å². The van der Waals surface area contributed by atoms with Crippen molar-refractivity contribution >= 4 is 34.9 Å². The number of amides is 3. The molecule has 2 aliphatic heterocycles. The fourth-order valence-corrected chi connectivity index (χ4v) is 6.90. The zero-order chi connectivity index (χ0) is 31.4. The lowest BCUT2D eigenvalue weighted by Crippen LogP contribution is -2.49. The molecular formula is C31H31F2N5O5S. The minimum atomic E-state index is -3.18.